The first-order valence-corrected chi connectivity index (χ1v) is 12.2. The normalized spacial score (nSPS) is 18.7. The third-order valence-electron chi connectivity index (χ3n) is 6.15. The summed E-state index contributed by atoms with van der Waals surface area (Å²) in [7, 11) is 0. The largest absolute Gasteiger partial charge is 0.506 e. The van der Waals surface area contributed by atoms with Crippen molar-refractivity contribution in [2.45, 2.75) is 39.3 Å². The fraction of sp³-hybridized carbons (Fsp3) is 0.440. The van der Waals surface area contributed by atoms with Crippen LogP contribution in [0.15, 0.2) is 42.5 Å². The predicted octanol–water partition coefficient (Wildman–Crippen LogP) is 1.93. The molecule has 2 aromatic carbocycles. The number of hydrogen-bond acceptors (Lipinski definition) is 2. The van der Waals surface area contributed by atoms with Gasteiger partial charge in [-0.05, 0) is 60.7 Å². The number of phenols is 1. The lowest BCUT2D eigenvalue weighted by Gasteiger charge is -2.33. The number of benzene rings is 2. The van der Waals surface area contributed by atoms with Gasteiger partial charge in [0.1, 0.15) is 12.3 Å². The maximum atomic E-state index is 10.6. The van der Waals surface area contributed by atoms with Crippen molar-refractivity contribution in [3.8, 4) is 17.6 Å². The molecule has 0 radical (unpaired) electrons. The summed E-state index contributed by atoms with van der Waals surface area (Å²) in [5, 5.41) is 13.9. The number of likely N-dealkylation sites (tertiary alicyclic amines) is 1. The average molecular weight is 519 g/mol. The molecule has 160 valence electrons. The summed E-state index contributed by atoms with van der Waals surface area (Å²) < 4.78 is 0.882. The number of halogens is 1. The Morgan fingerprint density at radius 1 is 1.13 bits per heavy atom. The summed E-state index contributed by atoms with van der Waals surface area (Å²) in [6, 6.07) is 15.0. The maximum Gasteiger partial charge on any atom is 0.137 e. The van der Waals surface area contributed by atoms with Gasteiger partial charge in [-0.2, -0.15) is 0 Å². The number of anilines is 1. The van der Waals surface area contributed by atoms with Crippen molar-refractivity contribution in [1.82, 2.24) is 0 Å². The third-order valence-corrected chi connectivity index (χ3v) is 6.97. The van der Waals surface area contributed by atoms with Crippen molar-refractivity contribution >= 4 is 28.3 Å². The zero-order valence-corrected chi connectivity index (χ0v) is 20.3. The maximum absolute atomic E-state index is 10.6. The molecule has 4 nitrogen and oxygen atoms in total. The van der Waals surface area contributed by atoms with Gasteiger partial charge in [0.15, 0.2) is 0 Å². The molecule has 4 N–H and O–H groups in total. The van der Waals surface area contributed by atoms with E-state index in [0.717, 1.165) is 33.0 Å². The Bertz CT molecular complexity index is 863. The van der Waals surface area contributed by atoms with Crippen LogP contribution in [0.2, 0.25) is 0 Å². The second kappa shape index (κ2) is 11.6. The van der Waals surface area contributed by atoms with Gasteiger partial charge in [-0.3, -0.25) is 0 Å². The van der Waals surface area contributed by atoms with Crippen LogP contribution in [0.5, 0.6) is 5.75 Å². The van der Waals surface area contributed by atoms with Gasteiger partial charge in [-0.1, -0.05) is 30.0 Å². The summed E-state index contributed by atoms with van der Waals surface area (Å²) in [5.74, 6) is 6.88. The van der Waals surface area contributed by atoms with E-state index in [9.17, 15) is 5.11 Å². The van der Waals surface area contributed by atoms with Gasteiger partial charge in [0.2, 0.25) is 0 Å². The molecule has 0 aliphatic carbocycles. The monoisotopic (exact) mass is 519 g/mol. The van der Waals surface area contributed by atoms with E-state index in [0.29, 0.717) is 12.3 Å². The SMILES string of the molecule is CC[NH+](CC)C1CC[NH+](Cc2cc(C#CCNc3ccccc3)cc(I)c2O)CC1. The minimum Gasteiger partial charge on any atom is -0.506 e. The molecule has 0 atom stereocenters. The minimum absolute atomic E-state index is 0.424. The van der Waals surface area contributed by atoms with E-state index in [1.807, 2.05) is 36.4 Å². The Labute approximate surface area is 194 Å². The highest BCUT2D eigenvalue weighted by Gasteiger charge is 2.28. The molecule has 0 amide bonds. The second-order valence-electron chi connectivity index (χ2n) is 8.05. The molecule has 1 fully saturated rings. The van der Waals surface area contributed by atoms with Gasteiger partial charge >= 0.3 is 0 Å². The van der Waals surface area contributed by atoms with Crippen LogP contribution in [-0.2, 0) is 6.54 Å². The van der Waals surface area contributed by atoms with Gasteiger partial charge < -0.3 is 20.2 Å². The number of rotatable bonds is 7. The van der Waals surface area contributed by atoms with Crippen LogP contribution < -0.4 is 15.1 Å². The average Bonchev–Trinajstić information content (AvgIpc) is 2.77. The highest BCUT2D eigenvalue weighted by molar-refractivity contribution is 14.1. The Kier molecular flexibility index (Phi) is 8.86. The van der Waals surface area contributed by atoms with Crippen LogP contribution in [0.1, 0.15) is 37.8 Å². The molecule has 1 aliphatic rings. The first kappa shape index (κ1) is 22.9. The number of nitrogens with one attached hydrogen (secondary N) is 3. The molecule has 0 spiro atoms. The molecule has 2 aromatic rings. The zero-order valence-electron chi connectivity index (χ0n) is 18.1. The van der Waals surface area contributed by atoms with E-state index in [1.54, 1.807) is 9.80 Å². The van der Waals surface area contributed by atoms with Gasteiger partial charge in [-0.25, -0.2) is 0 Å². The molecular formula is C25H34IN3O+2. The van der Waals surface area contributed by atoms with Crippen molar-refractivity contribution < 1.29 is 14.9 Å². The van der Waals surface area contributed by atoms with Crippen LogP contribution in [0.25, 0.3) is 0 Å². The molecule has 0 unspecified atom stereocenters. The van der Waals surface area contributed by atoms with Crippen LogP contribution >= 0.6 is 22.6 Å². The van der Waals surface area contributed by atoms with Crippen LogP contribution in [0.4, 0.5) is 5.69 Å². The Hall–Kier alpha value is -1.75. The summed E-state index contributed by atoms with van der Waals surface area (Å²) in [4.78, 5) is 3.30. The quantitative estimate of drug-likeness (QED) is 0.334. The lowest BCUT2D eigenvalue weighted by Crippen LogP contribution is -3.19. The van der Waals surface area contributed by atoms with Crippen LogP contribution in [-0.4, -0.2) is 43.9 Å². The van der Waals surface area contributed by atoms with E-state index >= 15 is 0 Å². The lowest BCUT2D eigenvalue weighted by molar-refractivity contribution is -0.961. The number of phenolic OH excluding ortho intramolecular Hbond substituents is 1. The molecule has 1 aliphatic heterocycles. The number of quaternary nitrogens is 2. The van der Waals surface area contributed by atoms with E-state index in [4.69, 9.17) is 0 Å². The smallest absolute Gasteiger partial charge is 0.137 e. The molecule has 0 saturated carbocycles. The van der Waals surface area contributed by atoms with E-state index in [1.165, 1.54) is 39.0 Å². The molecule has 1 saturated heterocycles. The van der Waals surface area contributed by atoms with E-state index in [-0.39, 0.29) is 0 Å². The fourth-order valence-corrected chi connectivity index (χ4v) is 5.10. The van der Waals surface area contributed by atoms with Gasteiger partial charge in [0.05, 0.1) is 47.9 Å². The molecular weight excluding hydrogens is 485 g/mol. The van der Waals surface area contributed by atoms with Crippen molar-refractivity contribution in [1.29, 1.82) is 0 Å². The number of piperidine rings is 1. The topological polar surface area (TPSA) is 41.1 Å². The van der Waals surface area contributed by atoms with Crippen LogP contribution in [0, 0.1) is 15.4 Å². The first-order chi connectivity index (χ1) is 14.6. The highest BCUT2D eigenvalue weighted by Crippen LogP contribution is 2.25. The molecule has 30 heavy (non-hydrogen) atoms. The van der Waals surface area contributed by atoms with E-state index < -0.39 is 0 Å². The van der Waals surface area contributed by atoms with Crippen molar-refractivity contribution in [2.75, 3.05) is 38.0 Å². The van der Waals surface area contributed by atoms with Gasteiger partial charge in [0, 0.05) is 24.1 Å². The van der Waals surface area contributed by atoms with Gasteiger partial charge in [0.25, 0.3) is 0 Å². The Balaban J connectivity index is 1.60. The fourth-order valence-electron chi connectivity index (χ4n) is 4.42. The molecule has 0 bridgehead atoms. The van der Waals surface area contributed by atoms with Crippen LogP contribution in [0.3, 0.4) is 0 Å². The standard InChI is InChI=1S/C25H32IN3O/c1-3-29(4-2)23-12-15-28(16-13-23)19-21-17-20(18-24(26)25(21)30)9-8-14-27-22-10-6-5-7-11-22/h5-7,10-11,17-18,23,27,30H,3-4,12-16,19H2,1-2H3/p+2. The number of para-hydroxylation sites is 1. The lowest BCUT2D eigenvalue weighted by atomic mass is 10.0. The second-order valence-corrected chi connectivity index (χ2v) is 9.22. The van der Waals surface area contributed by atoms with Gasteiger partial charge in [-0.15, -0.1) is 0 Å². The predicted molar refractivity (Wildman–Crippen MR) is 132 cm³/mol. The number of aromatic hydroxyl groups is 1. The molecule has 3 rings (SSSR count). The van der Waals surface area contributed by atoms with Crippen molar-refractivity contribution in [3.05, 3.63) is 57.2 Å². The molecule has 5 heteroatoms. The summed E-state index contributed by atoms with van der Waals surface area (Å²) in [6.07, 6.45) is 2.55. The van der Waals surface area contributed by atoms with E-state index in [2.05, 4.69) is 59.7 Å². The highest BCUT2D eigenvalue weighted by atomic mass is 127. The molecule has 0 aromatic heterocycles. The van der Waals surface area contributed by atoms with Crippen molar-refractivity contribution in [2.24, 2.45) is 0 Å². The Morgan fingerprint density at radius 3 is 2.50 bits per heavy atom. The summed E-state index contributed by atoms with van der Waals surface area (Å²) >= 11 is 2.22. The Morgan fingerprint density at radius 2 is 1.83 bits per heavy atom. The van der Waals surface area contributed by atoms with Crippen molar-refractivity contribution in [3.63, 3.8) is 0 Å². The third kappa shape index (κ3) is 6.37. The summed E-state index contributed by atoms with van der Waals surface area (Å²) in [5.41, 5.74) is 3.07. The first-order valence-electron chi connectivity index (χ1n) is 11.1. The number of hydrogen-bond donors (Lipinski definition) is 4. The minimum atomic E-state index is 0.424. The zero-order chi connectivity index (χ0) is 21.3. The summed E-state index contributed by atoms with van der Waals surface area (Å²) in [6.45, 7) is 10.9. The molecule has 1 heterocycles.